The van der Waals surface area contributed by atoms with Crippen molar-refractivity contribution in [3.05, 3.63) is 77.5 Å². The van der Waals surface area contributed by atoms with Gasteiger partial charge in [0, 0.05) is 56.4 Å². The summed E-state index contributed by atoms with van der Waals surface area (Å²) < 4.78 is 35.3. The maximum absolute atomic E-state index is 14.0. The van der Waals surface area contributed by atoms with Crippen LogP contribution < -0.4 is 31.9 Å². The van der Waals surface area contributed by atoms with E-state index in [-0.39, 0.29) is 18.2 Å². The molecule has 2 saturated heterocycles. The lowest BCUT2D eigenvalue weighted by Gasteiger charge is -2.36. The quantitative estimate of drug-likeness (QED) is 0.224. The van der Waals surface area contributed by atoms with Crippen molar-refractivity contribution in [1.29, 1.82) is 0 Å². The molecule has 0 aromatic heterocycles. The zero-order valence-electron chi connectivity index (χ0n) is 25.7. The topological polar surface area (TPSA) is 141 Å². The van der Waals surface area contributed by atoms with Gasteiger partial charge in [-0.2, -0.15) is 4.31 Å². The zero-order valence-corrected chi connectivity index (χ0v) is 26.5. The highest BCUT2D eigenvalue weighted by Gasteiger charge is 2.35. The fraction of sp³-hybridized carbons (Fsp3) is 0.485. The fourth-order valence-electron chi connectivity index (χ4n) is 6.40. The molecular weight excluding hydrogens is 590 g/mol. The number of rotatable bonds is 12. The molecule has 4 aliphatic heterocycles. The number of urea groups is 1. The first-order valence-electron chi connectivity index (χ1n) is 16.1. The van der Waals surface area contributed by atoms with Crippen molar-refractivity contribution in [2.75, 3.05) is 50.8 Å². The van der Waals surface area contributed by atoms with E-state index in [0.29, 0.717) is 43.7 Å². The summed E-state index contributed by atoms with van der Waals surface area (Å²) in [6, 6.07) is 14.7. The third kappa shape index (κ3) is 7.43. The lowest BCUT2D eigenvalue weighted by Crippen LogP contribution is -2.51. The lowest BCUT2D eigenvalue weighted by atomic mass is 9.99. The molecule has 2 aromatic rings. The third-order valence-electron chi connectivity index (χ3n) is 9.04. The molecule has 0 aliphatic carbocycles. The standard InChI is InChI=1S/C33H45N7O4S/c34-14-2-16-35-20-24-4-8-28(9-5-24)39-23-27-19-31(37-32(27)38-33(39)41)26-6-10-30(11-7-26)45(42,43)40(29-3-1-15-36-21-29)22-25-12-17-44-18-13-25/h4-11,19,23,25,29,32,35-37H,1-3,12-18,20-22,34H2,(H,38,41). The molecule has 45 heavy (non-hydrogen) atoms. The summed E-state index contributed by atoms with van der Waals surface area (Å²) in [5.41, 5.74) is 10.1. The SMILES string of the molecule is NCCCNCc1ccc(N2C=C3C=C(c4ccc(S(=O)(=O)N(CC5CCOCC5)C5CCCNC5)cc4)NC3NC2=O)cc1. The first-order valence-corrected chi connectivity index (χ1v) is 17.6. The van der Waals surface area contributed by atoms with Gasteiger partial charge >= 0.3 is 6.03 Å². The second-order valence-corrected chi connectivity index (χ2v) is 14.1. The molecule has 6 N–H and O–H groups in total. The lowest BCUT2D eigenvalue weighted by molar-refractivity contribution is 0.0566. The number of piperidine rings is 1. The summed E-state index contributed by atoms with van der Waals surface area (Å²) in [4.78, 5) is 14.9. The van der Waals surface area contributed by atoms with E-state index >= 15 is 0 Å². The molecule has 2 unspecified atom stereocenters. The van der Waals surface area contributed by atoms with Crippen LogP contribution in [0.1, 0.15) is 43.2 Å². The molecule has 11 nitrogen and oxygen atoms in total. The molecular formula is C33H45N7O4S. The van der Waals surface area contributed by atoms with Crippen molar-refractivity contribution in [2.24, 2.45) is 11.7 Å². The van der Waals surface area contributed by atoms with Gasteiger partial charge in [0.05, 0.1) is 10.6 Å². The number of nitrogens with one attached hydrogen (secondary N) is 4. The van der Waals surface area contributed by atoms with E-state index in [1.54, 1.807) is 21.3 Å². The Balaban J connectivity index is 1.16. The highest BCUT2D eigenvalue weighted by Crippen LogP contribution is 2.30. The van der Waals surface area contributed by atoms with Crippen LogP contribution in [0.15, 0.2) is 71.3 Å². The normalized spacial score (nSPS) is 22.4. The summed E-state index contributed by atoms with van der Waals surface area (Å²) in [7, 11) is -3.69. The molecule has 2 aromatic carbocycles. The maximum Gasteiger partial charge on any atom is 0.327 e. The number of nitrogens with zero attached hydrogens (tertiary/aromatic N) is 2. The maximum atomic E-state index is 14.0. The number of carbonyl (C=O) groups excluding carboxylic acids is 1. The number of hydrogen-bond acceptors (Lipinski definition) is 8. The molecule has 0 saturated carbocycles. The first kappa shape index (κ1) is 31.7. The van der Waals surface area contributed by atoms with Crippen LogP contribution in [0.5, 0.6) is 0 Å². The van der Waals surface area contributed by atoms with Gasteiger partial charge in [0.15, 0.2) is 0 Å². The van der Waals surface area contributed by atoms with Crippen molar-refractivity contribution in [3.8, 4) is 0 Å². The minimum atomic E-state index is -3.69. The van der Waals surface area contributed by atoms with Crippen LogP contribution in [-0.4, -0.2) is 76.9 Å². The van der Waals surface area contributed by atoms with E-state index in [1.807, 2.05) is 48.7 Å². The molecule has 2 atom stereocenters. The highest BCUT2D eigenvalue weighted by atomic mass is 32.2. The Bertz CT molecular complexity index is 1480. The Morgan fingerprint density at radius 1 is 1.02 bits per heavy atom. The monoisotopic (exact) mass is 635 g/mol. The van der Waals surface area contributed by atoms with E-state index in [4.69, 9.17) is 10.5 Å². The largest absolute Gasteiger partial charge is 0.381 e. The molecule has 242 valence electrons. The second-order valence-electron chi connectivity index (χ2n) is 12.2. The molecule has 0 bridgehead atoms. The van der Waals surface area contributed by atoms with Crippen molar-refractivity contribution in [3.63, 3.8) is 0 Å². The van der Waals surface area contributed by atoms with E-state index in [1.165, 1.54) is 0 Å². The molecule has 12 heteroatoms. The predicted octanol–water partition coefficient (Wildman–Crippen LogP) is 2.68. The number of fused-ring (bicyclic) bond motifs is 1. The predicted molar refractivity (Wildman–Crippen MR) is 176 cm³/mol. The average molecular weight is 636 g/mol. The number of sulfonamides is 1. The summed E-state index contributed by atoms with van der Waals surface area (Å²) in [6.07, 6.45) is 8.02. The van der Waals surface area contributed by atoms with E-state index in [0.717, 1.165) is 79.8 Å². The molecule has 2 fully saturated rings. The Kier molecular flexibility index (Phi) is 10.2. The van der Waals surface area contributed by atoms with E-state index in [2.05, 4.69) is 21.3 Å². The molecule has 6 rings (SSSR count). The van der Waals surface area contributed by atoms with E-state index < -0.39 is 10.0 Å². The average Bonchev–Trinajstić information content (AvgIpc) is 3.49. The molecule has 0 radical (unpaired) electrons. The van der Waals surface area contributed by atoms with Crippen molar-refractivity contribution in [1.82, 2.24) is 25.6 Å². The number of carbonyl (C=O) groups is 1. The first-order chi connectivity index (χ1) is 21.9. The summed E-state index contributed by atoms with van der Waals surface area (Å²) in [5.74, 6) is 0.301. The zero-order chi connectivity index (χ0) is 31.2. The molecule has 4 heterocycles. The Morgan fingerprint density at radius 2 is 1.80 bits per heavy atom. The number of ether oxygens (including phenoxy) is 1. The smallest absolute Gasteiger partial charge is 0.327 e. The molecule has 2 amide bonds. The van der Waals surface area contributed by atoms with Crippen LogP contribution >= 0.6 is 0 Å². The van der Waals surface area contributed by atoms with Gasteiger partial charge in [-0.15, -0.1) is 0 Å². The van der Waals surface area contributed by atoms with Crippen LogP contribution in [0.25, 0.3) is 5.70 Å². The van der Waals surface area contributed by atoms with Gasteiger partial charge in [-0.05, 0) is 99.1 Å². The number of amides is 2. The number of nitrogens with two attached hydrogens (primary N) is 1. The summed E-state index contributed by atoms with van der Waals surface area (Å²) >= 11 is 0. The molecule has 0 spiro atoms. The van der Waals surface area contributed by atoms with Gasteiger partial charge < -0.3 is 31.7 Å². The van der Waals surface area contributed by atoms with Gasteiger partial charge in [0.25, 0.3) is 0 Å². The number of hydrogen-bond donors (Lipinski definition) is 5. The van der Waals surface area contributed by atoms with Crippen molar-refractivity contribution >= 4 is 27.4 Å². The van der Waals surface area contributed by atoms with Crippen LogP contribution in [-0.2, 0) is 21.3 Å². The summed E-state index contributed by atoms with van der Waals surface area (Å²) in [5, 5.41) is 13.2. The fourth-order valence-corrected chi connectivity index (χ4v) is 8.13. The van der Waals surface area contributed by atoms with Gasteiger partial charge in [-0.3, -0.25) is 4.90 Å². The van der Waals surface area contributed by atoms with Gasteiger partial charge in [-0.25, -0.2) is 13.2 Å². The summed E-state index contributed by atoms with van der Waals surface area (Å²) in [6.45, 7) is 5.78. The van der Waals surface area contributed by atoms with Crippen molar-refractivity contribution < 1.29 is 17.9 Å². The number of benzene rings is 2. The Morgan fingerprint density at radius 3 is 2.51 bits per heavy atom. The Labute approximate surface area is 266 Å². The highest BCUT2D eigenvalue weighted by molar-refractivity contribution is 7.89. The van der Waals surface area contributed by atoms with Crippen LogP contribution in [0.2, 0.25) is 0 Å². The molecule has 4 aliphatic rings. The number of anilines is 1. The van der Waals surface area contributed by atoms with Crippen LogP contribution in [0.3, 0.4) is 0 Å². The van der Waals surface area contributed by atoms with E-state index in [9.17, 15) is 13.2 Å². The minimum absolute atomic E-state index is 0.0544. The van der Waals surface area contributed by atoms with Crippen molar-refractivity contribution in [2.45, 2.75) is 55.8 Å². The van der Waals surface area contributed by atoms with Crippen LogP contribution in [0.4, 0.5) is 10.5 Å². The second kappa shape index (κ2) is 14.4. The van der Waals surface area contributed by atoms with Gasteiger partial charge in [0.2, 0.25) is 10.0 Å². The Hall–Kier alpha value is -3.26. The third-order valence-corrected chi connectivity index (χ3v) is 11.0. The van der Waals surface area contributed by atoms with Gasteiger partial charge in [-0.1, -0.05) is 24.3 Å². The minimum Gasteiger partial charge on any atom is -0.381 e. The van der Waals surface area contributed by atoms with Crippen LogP contribution in [0, 0.1) is 5.92 Å². The van der Waals surface area contributed by atoms with Gasteiger partial charge in [0.1, 0.15) is 6.17 Å².